The fourth-order valence-corrected chi connectivity index (χ4v) is 4.27. The van der Waals surface area contributed by atoms with E-state index in [0.717, 1.165) is 17.1 Å². The minimum absolute atomic E-state index is 0.0703. The molecule has 0 aliphatic rings. The molecule has 2 amide bonds. The lowest BCUT2D eigenvalue weighted by molar-refractivity contribution is -0.119. The Hall–Kier alpha value is -4.21. The first-order chi connectivity index (χ1) is 18.2. The van der Waals surface area contributed by atoms with Crippen LogP contribution in [0.25, 0.3) is 5.69 Å². The van der Waals surface area contributed by atoms with Gasteiger partial charge < -0.3 is 24.2 Å². The van der Waals surface area contributed by atoms with E-state index in [4.69, 9.17) is 42.8 Å². The third-order valence-corrected chi connectivity index (χ3v) is 5.95. The minimum atomic E-state index is -0.662. The number of amides is 2. The molecule has 9 nitrogen and oxygen atoms in total. The summed E-state index contributed by atoms with van der Waals surface area (Å²) >= 11 is 12.3. The summed E-state index contributed by atoms with van der Waals surface area (Å²) in [6.45, 7) is 3.90. The molecule has 0 atom stereocenters. The number of halogens is 2. The molecule has 0 unspecified atom stereocenters. The molecule has 2 heterocycles. The smallest absolute Gasteiger partial charge is 0.307 e. The third-order valence-electron chi connectivity index (χ3n) is 5.39. The van der Waals surface area contributed by atoms with Crippen LogP contribution in [0.3, 0.4) is 0 Å². The van der Waals surface area contributed by atoms with Crippen molar-refractivity contribution in [2.45, 2.75) is 20.5 Å². The van der Waals surface area contributed by atoms with E-state index < -0.39 is 11.8 Å². The van der Waals surface area contributed by atoms with Gasteiger partial charge in [0.25, 0.3) is 5.91 Å². The molecule has 2 aromatic heterocycles. The van der Waals surface area contributed by atoms with Gasteiger partial charge >= 0.3 is 5.91 Å². The van der Waals surface area contributed by atoms with E-state index >= 15 is 0 Å². The average Bonchev–Trinajstić information content (AvgIpc) is 3.48. The van der Waals surface area contributed by atoms with Gasteiger partial charge in [-0.2, -0.15) is 5.10 Å². The lowest BCUT2D eigenvalue weighted by Crippen LogP contribution is -2.20. The predicted octanol–water partition coefficient (Wildman–Crippen LogP) is 5.20. The van der Waals surface area contributed by atoms with E-state index in [0.29, 0.717) is 17.1 Å². The number of ether oxygens (including phenoxy) is 2. The second-order valence-corrected chi connectivity index (χ2v) is 9.08. The quantitative estimate of drug-likeness (QED) is 0.206. The molecule has 0 spiro atoms. The monoisotopic (exact) mass is 554 g/mol. The summed E-state index contributed by atoms with van der Waals surface area (Å²) in [4.78, 5) is 23.3. The topological polar surface area (TPSA) is 121 Å². The zero-order chi connectivity index (χ0) is 27.2. The SMILES string of the molecule is Cc1ccc(C)n1-c1ccc(OCc2ccc(C(=O)N/N=C/c3cc(Cl)c(OCC(N)=O)c(Cl)c3)o2)cc1. The average molecular weight is 555 g/mol. The van der Waals surface area contributed by atoms with Gasteiger partial charge in [0.2, 0.25) is 0 Å². The van der Waals surface area contributed by atoms with Gasteiger partial charge in [0, 0.05) is 17.1 Å². The summed E-state index contributed by atoms with van der Waals surface area (Å²) in [5.41, 5.74) is 11.3. The highest BCUT2D eigenvalue weighted by Gasteiger charge is 2.13. The molecule has 11 heteroatoms. The first kappa shape index (κ1) is 26.8. The van der Waals surface area contributed by atoms with Gasteiger partial charge in [-0.3, -0.25) is 9.59 Å². The summed E-state index contributed by atoms with van der Waals surface area (Å²) in [7, 11) is 0. The van der Waals surface area contributed by atoms with Crippen molar-refractivity contribution >= 4 is 41.2 Å². The Morgan fingerprint density at radius 3 is 2.29 bits per heavy atom. The second kappa shape index (κ2) is 11.9. The maximum Gasteiger partial charge on any atom is 0.307 e. The molecule has 0 saturated carbocycles. The number of aromatic nitrogens is 1. The van der Waals surface area contributed by atoms with Crippen LogP contribution >= 0.6 is 23.2 Å². The normalized spacial score (nSPS) is 11.1. The Morgan fingerprint density at radius 2 is 1.66 bits per heavy atom. The van der Waals surface area contributed by atoms with Crippen molar-refractivity contribution in [2.24, 2.45) is 10.8 Å². The number of nitrogens with zero attached hydrogens (tertiary/aromatic N) is 2. The van der Waals surface area contributed by atoms with E-state index in [-0.39, 0.29) is 34.8 Å². The van der Waals surface area contributed by atoms with Gasteiger partial charge in [0.05, 0.1) is 16.3 Å². The Labute approximate surface area is 228 Å². The second-order valence-electron chi connectivity index (χ2n) is 8.27. The number of aryl methyl sites for hydroxylation is 2. The van der Waals surface area contributed by atoms with Crippen LogP contribution in [0.2, 0.25) is 10.0 Å². The van der Waals surface area contributed by atoms with Gasteiger partial charge in [0.1, 0.15) is 18.1 Å². The molecule has 0 aliphatic heterocycles. The number of rotatable bonds is 10. The van der Waals surface area contributed by atoms with Crippen molar-refractivity contribution in [3.8, 4) is 17.2 Å². The van der Waals surface area contributed by atoms with Crippen molar-refractivity contribution in [2.75, 3.05) is 6.61 Å². The molecule has 0 aliphatic carbocycles. The molecular weight excluding hydrogens is 531 g/mol. The number of carbonyl (C=O) groups is 2. The number of furan rings is 1. The lowest BCUT2D eigenvalue weighted by Gasteiger charge is -2.10. The van der Waals surface area contributed by atoms with Gasteiger partial charge in [-0.25, -0.2) is 5.43 Å². The van der Waals surface area contributed by atoms with Crippen molar-refractivity contribution < 1.29 is 23.5 Å². The van der Waals surface area contributed by atoms with Gasteiger partial charge in [-0.1, -0.05) is 23.2 Å². The summed E-state index contributed by atoms with van der Waals surface area (Å²) < 4.78 is 18.7. The van der Waals surface area contributed by atoms with Crippen molar-refractivity contribution in [3.63, 3.8) is 0 Å². The molecule has 2 aromatic carbocycles. The summed E-state index contributed by atoms with van der Waals surface area (Å²) in [5, 5.41) is 4.22. The zero-order valence-corrected chi connectivity index (χ0v) is 22.0. The van der Waals surface area contributed by atoms with E-state index in [1.54, 1.807) is 6.07 Å². The lowest BCUT2D eigenvalue weighted by atomic mass is 10.2. The van der Waals surface area contributed by atoms with Crippen molar-refractivity contribution in [1.82, 2.24) is 9.99 Å². The fraction of sp³-hybridized carbons (Fsp3) is 0.148. The van der Waals surface area contributed by atoms with Crippen LogP contribution in [0.4, 0.5) is 0 Å². The molecule has 38 heavy (non-hydrogen) atoms. The van der Waals surface area contributed by atoms with Crippen LogP contribution in [-0.4, -0.2) is 29.2 Å². The molecule has 4 aromatic rings. The molecular formula is C27H24Cl2N4O5. The van der Waals surface area contributed by atoms with Crippen molar-refractivity contribution in [1.29, 1.82) is 0 Å². The number of carbonyl (C=O) groups excluding carboxylic acids is 2. The van der Waals surface area contributed by atoms with Crippen LogP contribution in [0.15, 0.2) is 70.2 Å². The molecule has 0 fully saturated rings. The fourth-order valence-electron chi connectivity index (χ4n) is 3.65. The number of hydrogen-bond donors (Lipinski definition) is 2. The number of nitrogens with one attached hydrogen (secondary N) is 1. The van der Waals surface area contributed by atoms with Crippen LogP contribution in [-0.2, 0) is 11.4 Å². The highest BCUT2D eigenvalue weighted by molar-refractivity contribution is 6.37. The summed E-state index contributed by atoms with van der Waals surface area (Å²) in [6.07, 6.45) is 1.35. The number of benzene rings is 2. The third kappa shape index (κ3) is 6.56. The number of primary amides is 1. The molecule has 0 bridgehead atoms. The van der Waals surface area contributed by atoms with Gasteiger partial charge in [-0.05, 0) is 80.1 Å². The molecule has 3 N–H and O–H groups in total. The van der Waals surface area contributed by atoms with Crippen LogP contribution in [0, 0.1) is 13.8 Å². The Balaban J connectivity index is 1.30. The maximum atomic E-state index is 12.4. The maximum absolute atomic E-state index is 12.4. The van der Waals surface area contributed by atoms with E-state index in [9.17, 15) is 9.59 Å². The van der Waals surface area contributed by atoms with Crippen LogP contribution in [0.1, 0.15) is 33.3 Å². The first-order valence-electron chi connectivity index (χ1n) is 11.4. The van der Waals surface area contributed by atoms with E-state index in [1.165, 1.54) is 24.4 Å². The molecule has 196 valence electrons. The van der Waals surface area contributed by atoms with Gasteiger partial charge in [-0.15, -0.1) is 0 Å². The highest BCUT2D eigenvalue weighted by Crippen LogP contribution is 2.33. The summed E-state index contributed by atoms with van der Waals surface area (Å²) in [5.74, 6) is 0.136. The first-order valence-corrected chi connectivity index (χ1v) is 12.2. The van der Waals surface area contributed by atoms with E-state index in [1.807, 2.05) is 24.3 Å². The molecule has 4 rings (SSSR count). The number of hydrazone groups is 1. The standard InChI is InChI=1S/C27H24Cl2N4O5/c1-16-3-4-17(2)33(16)19-5-7-20(8-6-19)36-14-21-9-10-24(38-21)27(35)32-31-13-18-11-22(28)26(23(29)12-18)37-15-25(30)34/h3-13H,14-15H2,1-2H3,(H2,30,34)(H,32,35)/b31-13+. The Morgan fingerprint density at radius 1 is 1.00 bits per heavy atom. The number of nitrogens with two attached hydrogens (primary N) is 1. The van der Waals surface area contributed by atoms with Crippen LogP contribution < -0.4 is 20.6 Å². The number of hydrogen-bond acceptors (Lipinski definition) is 6. The van der Waals surface area contributed by atoms with Crippen LogP contribution in [0.5, 0.6) is 11.5 Å². The minimum Gasteiger partial charge on any atom is -0.486 e. The van der Waals surface area contributed by atoms with E-state index in [2.05, 4.69) is 41.1 Å². The highest BCUT2D eigenvalue weighted by atomic mass is 35.5. The predicted molar refractivity (Wildman–Crippen MR) is 144 cm³/mol. The molecule has 0 radical (unpaired) electrons. The molecule has 0 saturated heterocycles. The Bertz CT molecular complexity index is 1450. The summed E-state index contributed by atoms with van der Waals surface area (Å²) in [6, 6.07) is 18.1. The largest absolute Gasteiger partial charge is 0.486 e. The zero-order valence-electron chi connectivity index (χ0n) is 20.5. The van der Waals surface area contributed by atoms with Gasteiger partial charge in [0.15, 0.2) is 18.1 Å². The van der Waals surface area contributed by atoms with Crippen molar-refractivity contribution in [3.05, 3.63) is 99.2 Å². The Kier molecular flexibility index (Phi) is 8.40.